The van der Waals surface area contributed by atoms with Crippen LogP contribution in [0, 0.1) is 0 Å². The number of piperidine rings is 1. The van der Waals surface area contributed by atoms with Gasteiger partial charge in [0, 0.05) is 24.3 Å². The zero-order chi connectivity index (χ0) is 14.4. The van der Waals surface area contributed by atoms with E-state index in [1.807, 2.05) is 12.3 Å². The van der Waals surface area contributed by atoms with E-state index in [4.69, 9.17) is 4.74 Å². The van der Waals surface area contributed by atoms with Gasteiger partial charge in [0.05, 0.1) is 0 Å². The van der Waals surface area contributed by atoms with Crippen molar-refractivity contribution in [1.82, 2.24) is 15.2 Å². The Labute approximate surface area is 122 Å². The normalized spacial score (nSPS) is 21.6. The average molecular weight is 277 g/mol. The highest BCUT2D eigenvalue weighted by Gasteiger charge is 2.19. The summed E-state index contributed by atoms with van der Waals surface area (Å²) in [5.74, 6) is 0.733. The highest BCUT2D eigenvalue weighted by atomic mass is 16.5. The van der Waals surface area contributed by atoms with Gasteiger partial charge in [0.25, 0.3) is 0 Å². The summed E-state index contributed by atoms with van der Waals surface area (Å²) >= 11 is 0. The van der Waals surface area contributed by atoms with Gasteiger partial charge in [0.1, 0.15) is 6.61 Å². The third kappa shape index (κ3) is 4.18. The van der Waals surface area contributed by atoms with Gasteiger partial charge in [-0.3, -0.25) is 0 Å². The molecular weight excluding hydrogens is 250 g/mol. The number of nitrogens with one attached hydrogen (secondary N) is 1. The number of aromatic nitrogens is 1. The molecule has 2 unspecified atom stereocenters. The van der Waals surface area contributed by atoms with Crippen molar-refractivity contribution in [2.75, 3.05) is 26.7 Å². The molecule has 0 aliphatic carbocycles. The van der Waals surface area contributed by atoms with Crippen molar-refractivity contribution in [1.29, 1.82) is 0 Å². The first-order chi connectivity index (χ1) is 9.70. The number of nitrogens with zero attached hydrogens (tertiary/aromatic N) is 2. The van der Waals surface area contributed by atoms with Crippen LogP contribution < -0.4 is 10.1 Å². The van der Waals surface area contributed by atoms with Crippen LogP contribution in [-0.4, -0.2) is 42.7 Å². The zero-order valence-corrected chi connectivity index (χ0v) is 12.9. The fourth-order valence-electron chi connectivity index (χ4n) is 2.69. The second-order valence-corrected chi connectivity index (χ2v) is 5.65. The minimum atomic E-state index is 0.339. The number of rotatable bonds is 6. The van der Waals surface area contributed by atoms with E-state index >= 15 is 0 Å². The summed E-state index contributed by atoms with van der Waals surface area (Å²) in [5.41, 5.74) is 1.20. The highest BCUT2D eigenvalue weighted by Crippen LogP contribution is 2.18. The molecule has 1 fully saturated rings. The molecule has 20 heavy (non-hydrogen) atoms. The van der Waals surface area contributed by atoms with Crippen molar-refractivity contribution in [2.24, 2.45) is 0 Å². The van der Waals surface area contributed by atoms with Crippen LogP contribution in [-0.2, 0) is 0 Å². The Morgan fingerprint density at radius 1 is 1.45 bits per heavy atom. The molecule has 1 aliphatic heterocycles. The molecular formula is C16H27N3O. The largest absolute Gasteiger partial charge is 0.476 e. The molecule has 0 radical (unpaired) electrons. The Kier molecular flexibility index (Phi) is 5.80. The summed E-state index contributed by atoms with van der Waals surface area (Å²) in [7, 11) is 2.18. The van der Waals surface area contributed by atoms with E-state index < -0.39 is 0 Å². The van der Waals surface area contributed by atoms with Crippen molar-refractivity contribution in [3.05, 3.63) is 23.9 Å². The molecule has 1 aromatic rings. The SMILES string of the molecule is CCNC(C)c1ccc(OCC2CCCCN2C)nc1. The predicted octanol–water partition coefficient (Wildman–Crippen LogP) is 2.62. The lowest BCUT2D eigenvalue weighted by Crippen LogP contribution is -2.40. The van der Waals surface area contributed by atoms with Gasteiger partial charge in [-0.25, -0.2) is 4.98 Å². The topological polar surface area (TPSA) is 37.4 Å². The Hall–Kier alpha value is -1.13. The summed E-state index contributed by atoms with van der Waals surface area (Å²) in [5, 5.41) is 3.38. The lowest BCUT2D eigenvalue weighted by molar-refractivity contribution is 0.122. The number of pyridine rings is 1. The molecule has 4 nitrogen and oxygen atoms in total. The summed E-state index contributed by atoms with van der Waals surface area (Å²) in [6.45, 7) is 7.15. The summed E-state index contributed by atoms with van der Waals surface area (Å²) in [6.07, 6.45) is 5.76. The maximum atomic E-state index is 5.84. The van der Waals surface area contributed by atoms with Gasteiger partial charge in [-0.05, 0) is 45.5 Å². The van der Waals surface area contributed by atoms with Crippen LogP contribution in [0.4, 0.5) is 0 Å². The Bertz CT molecular complexity index is 393. The minimum Gasteiger partial charge on any atom is -0.476 e. The lowest BCUT2D eigenvalue weighted by Gasteiger charge is -2.31. The van der Waals surface area contributed by atoms with Gasteiger partial charge in [0.15, 0.2) is 0 Å². The molecule has 0 bridgehead atoms. The van der Waals surface area contributed by atoms with E-state index in [0.29, 0.717) is 12.1 Å². The van der Waals surface area contributed by atoms with E-state index in [1.165, 1.54) is 31.4 Å². The van der Waals surface area contributed by atoms with Gasteiger partial charge < -0.3 is 15.0 Å². The maximum absolute atomic E-state index is 5.84. The van der Waals surface area contributed by atoms with Crippen molar-refractivity contribution in [2.45, 2.75) is 45.2 Å². The van der Waals surface area contributed by atoms with Gasteiger partial charge in [-0.1, -0.05) is 19.4 Å². The Morgan fingerprint density at radius 2 is 2.30 bits per heavy atom. The van der Waals surface area contributed by atoms with Gasteiger partial charge in [-0.15, -0.1) is 0 Å². The molecule has 0 amide bonds. The Balaban J connectivity index is 1.84. The van der Waals surface area contributed by atoms with E-state index in [2.05, 4.69) is 42.2 Å². The molecule has 0 spiro atoms. The molecule has 2 atom stereocenters. The highest BCUT2D eigenvalue weighted by molar-refractivity contribution is 5.20. The van der Waals surface area contributed by atoms with E-state index in [1.54, 1.807) is 0 Å². The first-order valence-corrected chi connectivity index (χ1v) is 7.73. The number of likely N-dealkylation sites (N-methyl/N-ethyl adjacent to an activating group) is 1. The number of likely N-dealkylation sites (tertiary alicyclic amines) is 1. The fourth-order valence-corrected chi connectivity index (χ4v) is 2.69. The monoisotopic (exact) mass is 277 g/mol. The summed E-state index contributed by atoms with van der Waals surface area (Å²) in [6, 6.07) is 4.95. The van der Waals surface area contributed by atoms with Gasteiger partial charge in [-0.2, -0.15) is 0 Å². The Morgan fingerprint density at radius 3 is 2.95 bits per heavy atom. The van der Waals surface area contributed by atoms with Crippen LogP contribution in [0.15, 0.2) is 18.3 Å². The number of hydrogen-bond donors (Lipinski definition) is 1. The quantitative estimate of drug-likeness (QED) is 0.867. The third-order valence-electron chi connectivity index (χ3n) is 4.11. The molecule has 4 heteroatoms. The molecule has 112 valence electrons. The van der Waals surface area contributed by atoms with Crippen molar-refractivity contribution >= 4 is 0 Å². The van der Waals surface area contributed by atoms with Gasteiger partial charge >= 0.3 is 0 Å². The molecule has 2 rings (SSSR count). The molecule has 0 aromatic carbocycles. The third-order valence-corrected chi connectivity index (χ3v) is 4.11. The molecule has 2 heterocycles. The van der Waals surface area contributed by atoms with Crippen LogP contribution in [0.2, 0.25) is 0 Å². The molecule has 1 aliphatic rings. The molecule has 1 aromatic heterocycles. The first-order valence-electron chi connectivity index (χ1n) is 7.73. The number of hydrogen-bond acceptors (Lipinski definition) is 4. The van der Waals surface area contributed by atoms with E-state index in [-0.39, 0.29) is 0 Å². The first kappa shape index (κ1) is 15.3. The average Bonchev–Trinajstić information content (AvgIpc) is 2.47. The standard InChI is InChI=1S/C16H27N3O/c1-4-17-13(2)14-8-9-16(18-11-14)20-12-15-7-5-6-10-19(15)3/h8-9,11,13,15,17H,4-7,10,12H2,1-3H3. The smallest absolute Gasteiger partial charge is 0.213 e. The van der Waals surface area contributed by atoms with Crippen LogP contribution in [0.3, 0.4) is 0 Å². The predicted molar refractivity (Wildman–Crippen MR) is 82.1 cm³/mol. The number of ether oxygens (including phenoxy) is 1. The maximum Gasteiger partial charge on any atom is 0.213 e. The zero-order valence-electron chi connectivity index (χ0n) is 12.9. The molecule has 0 saturated carbocycles. The van der Waals surface area contributed by atoms with E-state index in [9.17, 15) is 0 Å². The van der Waals surface area contributed by atoms with Crippen LogP contribution >= 0.6 is 0 Å². The fraction of sp³-hybridized carbons (Fsp3) is 0.688. The summed E-state index contributed by atoms with van der Waals surface area (Å²) < 4.78 is 5.84. The second-order valence-electron chi connectivity index (χ2n) is 5.65. The van der Waals surface area contributed by atoms with Crippen LogP contribution in [0.5, 0.6) is 5.88 Å². The van der Waals surface area contributed by atoms with Gasteiger partial charge in [0.2, 0.25) is 5.88 Å². The summed E-state index contributed by atoms with van der Waals surface area (Å²) in [4.78, 5) is 6.80. The van der Waals surface area contributed by atoms with E-state index in [0.717, 1.165) is 19.0 Å². The molecule has 1 saturated heterocycles. The lowest BCUT2D eigenvalue weighted by atomic mass is 10.0. The minimum absolute atomic E-state index is 0.339. The second kappa shape index (κ2) is 7.60. The van der Waals surface area contributed by atoms with Crippen molar-refractivity contribution in [3.63, 3.8) is 0 Å². The van der Waals surface area contributed by atoms with Crippen LogP contribution in [0.1, 0.15) is 44.7 Å². The van der Waals surface area contributed by atoms with Crippen LogP contribution in [0.25, 0.3) is 0 Å². The molecule has 1 N–H and O–H groups in total. The van der Waals surface area contributed by atoms with Crippen molar-refractivity contribution in [3.8, 4) is 5.88 Å². The van der Waals surface area contributed by atoms with Crippen molar-refractivity contribution < 1.29 is 4.74 Å².